The van der Waals surface area contributed by atoms with Crippen molar-refractivity contribution in [1.29, 1.82) is 0 Å². The van der Waals surface area contributed by atoms with Crippen molar-refractivity contribution in [3.8, 4) is 5.69 Å². The van der Waals surface area contributed by atoms with E-state index in [0.29, 0.717) is 25.1 Å². The number of halogens is 3. The molecule has 2 heterocycles. The third-order valence-electron chi connectivity index (χ3n) is 5.02. The number of nitrogens with zero attached hydrogens (tertiary/aromatic N) is 3. The van der Waals surface area contributed by atoms with E-state index < -0.39 is 35.4 Å². The fourth-order valence-electron chi connectivity index (χ4n) is 3.43. The summed E-state index contributed by atoms with van der Waals surface area (Å²) in [7, 11) is 0. The molecule has 1 aliphatic heterocycles. The van der Waals surface area contributed by atoms with Crippen LogP contribution < -0.4 is 10.6 Å². The van der Waals surface area contributed by atoms with Gasteiger partial charge in [-0.05, 0) is 25.0 Å². The van der Waals surface area contributed by atoms with Crippen LogP contribution in [0.2, 0.25) is 0 Å². The normalized spacial score (nSPS) is 16.5. The van der Waals surface area contributed by atoms with Crippen LogP contribution >= 0.6 is 0 Å². The van der Waals surface area contributed by atoms with Crippen LogP contribution in [0.3, 0.4) is 0 Å². The van der Waals surface area contributed by atoms with Crippen LogP contribution in [0.1, 0.15) is 28.9 Å². The molecule has 1 aromatic carbocycles. The summed E-state index contributed by atoms with van der Waals surface area (Å²) in [6, 6.07) is 8.08. The van der Waals surface area contributed by atoms with Crippen molar-refractivity contribution in [3.63, 3.8) is 0 Å². The van der Waals surface area contributed by atoms with Gasteiger partial charge in [0.2, 0.25) is 5.91 Å². The average molecular weight is 453 g/mol. The van der Waals surface area contributed by atoms with Crippen molar-refractivity contribution in [1.82, 2.24) is 25.3 Å². The lowest BCUT2D eigenvalue weighted by Crippen LogP contribution is -2.46. The summed E-state index contributed by atoms with van der Waals surface area (Å²) in [6.45, 7) is 0.338. The van der Waals surface area contributed by atoms with E-state index in [1.165, 1.54) is 4.90 Å². The summed E-state index contributed by atoms with van der Waals surface area (Å²) >= 11 is 0. The van der Waals surface area contributed by atoms with Gasteiger partial charge in [0.1, 0.15) is 0 Å². The van der Waals surface area contributed by atoms with Crippen molar-refractivity contribution in [2.75, 3.05) is 26.2 Å². The fraction of sp³-hybridized carbons (Fsp3) is 0.400. The highest BCUT2D eigenvalue weighted by atomic mass is 19.4. The molecule has 1 fully saturated rings. The molecule has 32 heavy (non-hydrogen) atoms. The second kappa shape index (κ2) is 9.71. The Morgan fingerprint density at radius 1 is 1.12 bits per heavy atom. The van der Waals surface area contributed by atoms with Gasteiger partial charge < -0.3 is 20.6 Å². The summed E-state index contributed by atoms with van der Waals surface area (Å²) in [4.78, 5) is 36.8. The minimum absolute atomic E-state index is 0.0116. The van der Waals surface area contributed by atoms with E-state index in [1.807, 2.05) is 0 Å². The van der Waals surface area contributed by atoms with Gasteiger partial charge in [-0.15, -0.1) is 0 Å². The lowest BCUT2D eigenvalue weighted by molar-refractivity contribution is -0.141. The molecule has 1 unspecified atom stereocenters. The largest absolute Gasteiger partial charge is 0.465 e. The van der Waals surface area contributed by atoms with E-state index >= 15 is 0 Å². The Balaban J connectivity index is 1.57. The molecule has 3 N–H and O–H groups in total. The first-order valence-electron chi connectivity index (χ1n) is 9.93. The first-order valence-corrected chi connectivity index (χ1v) is 9.93. The molecular formula is C20H22F3N5O4. The van der Waals surface area contributed by atoms with Gasteiger partial charge in [-0.2, -0.15) is 18.3 Å². The monoisotopic (exact) mass is 453 g/mol. The number of aromatic nitrogens is 2. The molecule has 0 saturated carbocycles. The van der Waals surface area contributed by atoms with Crippen molar-refractivity contribution >= 4 is 17.9 Å². The predicted molar refractivity (Wildman–Crippen MR) is 106 cm³/mol. The van der Waals surface area contributed by atoms with E-state index in [1.54, 1.807) is 30.3 Å². The summed E-state index contributed by atoms with van der Waals surface area (Å²) in [5.74, 6) is -1.84. The van der Waals surface area contributed by atoms with E-state index in [-0.39, 0.29) is 25.5 Å². The first kappa shape index (κ1) is 23.1. The van der Waals surface area contributed by atoms with Crippen LogP contribution in [-0.4, -0.2) is 63.9 Å². The number of benzene rings is 1. The Hall–Kier alpha value is -3.57. The van der Waals surface area contributed by atoms with E-state index in [9.17, 15) is 27.6 Å². The number of carbonyl (C=O) groups excluding carboxylic acids is 2. The maximum Gasteiger partial charge on any atom is 0.435 e. The lowest BCUT2D eigenvalue weighted by Gasteiger charge is -2.29. The third kappa shape index (κ3) is 5.56. The number of carboxylic acid groups (broad SMARTS) is 1. The number of likely N-dealkylation sites (tertiary alicyclic amines) is 1. The Kier molecular flexibility index (Phi) is 7.01. The highest BCUT2D eigenvalue weighted by Gasteiger charge is 2.39. The quantitative estimate of drug-likeness (QED) is 0.580. The molecule has 12 heteroatoms. The molecule has 3 rings (SSSR count). The Bertz CT molecular complexity index is 977. The number of piperidine rings is 1. The fourth-order valence-corrected chi connectivity index (χ4v) is 3.43. The van der Waals surface area contributed by atoms with Crippen LogP contribution in [0.15, 0.2) is 36.5 Å². The second-order valence-corrected chi connectivity index (χ2v) is 7.28. The number of nitrogens with one attached hydrogen (secondary N) is 2. The molecule has 1 saturated heterocycles. The zero-order valence-electron chi connectivity index (χ0n) is 16.9. The molecular weight excluding hydrogens is 431 g/mol. The van der Waals surface area contributed by atoms with Crippen molar-refractivity contribution in [3.05, 3.63) is 47.8 Å². The van der Waals surface area contributed by atoms with Gasteiger partial charge >= 0.3 is 12.3 Å². The van der Waals surface area contributed by atoms with Gasteiger partial charge in [0.15, 0.2) is 5.69 Å². The summed E-state index contributed by atoms with van der Waals surface area (Å²) in [6.07, 6.45) is -3.80. The summed E-state index contributed by atoms with van der Waals surface area (Å²) in [5, 5.41) is 17.5. The van der Waals surface area contributed by atoms with Gasteiger partial charge in [0, 0.05) is 32.4 Å². The van der Waals surface area contributed by atoms with Gasteiger partial charge in [-0.1, -0.05) is 18.2 Å². The van der Waals surface area contributed by atoms with Crippen LogP contribution in [0.4, 0.5) is 18.0 Å². The minimum atomic E-state index is -4.82. The summed E-state index contributed by atoms with van der Waals surface area (Å²) < 4.78 is 41.1. The SMILES string of the molecule is O=C(NCCNC(=O)C1CCCN(C(=O)O)C1)c1cn(-c2ccccc2)nc1C(F)(F)F. The Labute approximate surface area is 181 Å². The molecule has 1 aliphatic rings. The maximum absolute atomic E-state index is 13.4. The van der Waals surface area contributed by atoms with Crippen LogP contribution in [0, 0.1) is 5.92 Å². The molecule has 0 bridgehead atoms. The molecule has 0 spiro atoms. The number of hydrogen-bond donors (Lipinski definition) is 3. The van der Waals surface area contributed by atoms with Gasteiger partial charge in [-0.25, -0.2) is 9.48 Å². The van der Waals surface area contributed by atoms with Gasteiger partial charge in [0.25, 0.3) is 5.91 Å². The average Bonchev–Trinajstić information content (AvgIpc) is 3.23. The van der Waals surface area contributed by atoms with Crippen molar-refractivity contribution in [2.24, 2.45) is 5.92 Å². The third-order valence-corrected chi connectivity index (χ3v) is 5.02. The predicted octanol–water partition coefficient (Wildman–Crippen LogP) is 2.13. The van der Waals surface area contributed by atoms with Crippen LogP contribution in [-0.2, 0) is 11.0 Å². The smallest absolute Gasteiger partial charge is 0.435 e. The molecule has 3 amide bonds. The molecule has 0 aliphatic carbocycles. The molecule has 172 valence electrons. The molecule has 1 atom stereocenters. The van der Waals surface area contributed by atoms with Crippen molar-refractivity contribution in [2.45, 2.75) is 19.0 Å². The van der Waals surface area contributed by atoms with Gasteiger partial charge in [-0.3, -0.25) is 9.59 Å². The second-order valence-electron chi connectivity index (χ2n) is 7.28. The number of hydrogen-bond acceptors (Lipinski definition) is 4. The Morgan fingerprint density at radius 2 is 1.81 bits per heavy atom. The minimum Gasteiger partial charge on any atom is -0.465 e. The van der Waals surface area contributed by atoms with E-state index in [4.69, 9.17) is 5.11 Å². The number of para-hydroxylation sites is 1. The zero-order valence-corrected chi connectivity index (χ0v) is 16.9. The summed E-state index contributed by atoms with van der Waals surface area (Å²) in [5.41, 5.74) is -1.57. The number of amides is 3. The zero-order chi connectivity index (χ0) is 23.3. The maximum atomic E-state index is 13.4. The van der Waals surface area contributed by atoms with Crippen molar-refractivity contribution < 1.29 is 32.7 Å². The lowest BCUT2D eigenvalue weighted by atomic mass is 9.97. The van der Waals surface area contributed by atoms with Crippen LogP contribution in [0.25, 0.3) is 5.69 Å². The number of alkyl halides is 3. The van der Waals surface area contributed by atoms with Gasteiger partial charge in [0.05, 0.1) is 17.2 Å². The molecule has 9 nitrogen and oxygen atoms in total. The highest BCUT2D eigenvalue weighted by Crippen LogP contribution is 2.31. The topological polar surface area (TPSA) is 117 Å². The van der Waals surface area contributed by atoms with Crippen LogP contribution in [0.5, 0.6) is 0 Å². The Morgan fingerprint density at radius 3 is 2.47 bits per heavy atom. The number of carbonyl (C=O) groups is 3. The van der Waals surface area contributed by atoms with E-state index in [2.05, 4.69) is 15.7 Å². The first-order chi connectivity index (χ1) is 15.2. The number of rotatable bonds is 6. The standard InChI is InChI=1S/C20H22F3N5O4/c21-20(22,23)16-15(12-28(26-16)14-6-2-1-3-7-14)18(30)25-9-8-24-17(29)13-5-4-10-27(11-13)19(31)32/h1-3,6-7,12-13H,4-5,8-11H2,(H,24,29)(H,25,30)(H,31,32). The molecule has 1 aromatic heterocycles. The molecule has 2 aromatic rings. The highest BCUT2D eigenvalue weighted by molar-refractivity contribution is 5.95. The molecule has 0 radical (unpaired) electrons. The van der Waals surface area contributed by atoms with E-state index in [0.717, 1.165) is 10.9 Å².